The third-order valence-electron chi connectivity index (χ3n) is 5.57. The molecule has 0 radical (unpaired) electrons. The molecule has 0 bridgehead atoms. The summed E-state index contributed by atoms with van der Waals surface area (Å²) < 4.78 is 13.7. The molecule has 2 N–H and O–H groups in total. The topological polar surface area (TPSA) is 97.6 Å². The van der Waals surface area contributed by atoms with Gasteiger partial charge in [-0.3, -0.25) is 10.2 Å². The van der Waals surface area contributed by atoms with Crippen molar-refractivity contribution in [2.24, 2.45) is 16.9 Å². The molecule has 0 saturated carbocycles. The van der Waals surface area contributed by atoms with E-state index < -0.39 is 5.82 Å². The molecule has 2 fully saturated rings. The van der Waals surface area contributed by atoms with Crippen LogP contribution < -0.4 is 10.3 Å². The zero-order chi connectivity index (χ0) is 21.3. The molecule has 2 saturated heterocycles. The minimum Gasteiger partial charge on any atom is -0.340 e. The molecule has 4 rings (SSSR count). The van der Waals surface area contributed by atoms with E-state index in [9.17, 15) is 9.18 Å². The standard InChI is InChI=1S/C21H24FN7O/c1-13-7-14(2)26-21(25-13)29-11-15-9-28(10-16(15)12-29)20(30)18-4-3-17(22)8-19(18)27-24-6-5-23/h3-8,15-16,23,27H,9-12H2,1-2H3/b23-5?,24-6-. The number of nitrogens with zero attached hydrogens (tertiary/aromatic N) is 5. The largest absolute Gasteiger partial charge is 0.340 e. The van der Waals surface area contributed by atoms with Gasteiger partial charge in [-0.15, -0.1) is 0 Å². The molecule has 30 heavy (non-hydrogen) atoms. The lowest BCUT2D eigenvalue weighted by molar-refractivity contribution is 0.0783. The molecule has 0 aliphatic carbocycles. The summed E-state index contributed by atoms with van der Waals surface area (Å²) in [5, 5.41) is 10.8. The van der Waals surface area contributed by atoms with Crippen molar-refractivity contribution in [2.45, 2.75) is 13.8 Å². The molecule has 1 aromatic carbocycles. The number of carbonyl (C=O) groups is 1. The fraction of sp³-hybridized carbons (Fsp3) is 0.381. The van der Waals surface area contributed by atoms with E-state index in [1.54, 1.807) is 0 Å². The number of anilines is 2. The van der Waals surface area contributed by atoms with Crippen LogP contribution in [0.5, 0.6) is 0 Å². The van der Waals surface area contributed by atoms with Crippen LogP contribution in [-0.2, 0) is 0 Å². The van der Waals surface area contributed by atoms with E-state index in [1.807, 2.05) is 24.8 Å². The highest BCUT2D eigenvalue weighted by Crippen LogP contribution is 2.34. The number of aromatic nitrogens is 2. The first-order chi connectivity index (χ1) is 14.4. The van der Waals surface area contributed by atoms with Crippen molar-refractivity contribution < 1.29 is 9.18 Å². The number of halogens is 1. The fourth-order valence-electron chi connectivity index (χ4n) is 4.28. The zero-order valence-electron chi connectivity index (χ0n) is 17.0. The summed E-state index contributed by atoms with van der Waals surface area (Å²) in [7, 11) is 0. The van der Waals surface area contributed by atoms with Crippen molar-refractivity contribution >= 4 is 30.0 Å². The highest BCUT2D eigenvalue weighted by Gasteiger charge is 2.42. The zero-order valence-corrected chi connectivity index (χ0v) is 17.0. The molecule has 2 unspecified atom stereocenters. The number of likely N-dealkylation sites (tertiary alicyclic amines) is 1. The number of amides is 1. The summed E-state index contributed by atoms with van der Waals surface area (Å²) in [5.41, 5.74) is 5.22. The summed E-state index contributed by atoms with van der Waals surface area (Å²) in [5.74, 6) is 0.860. The smallest absolute Gasteiger partial charge is 0.256 e. The lowest BCUT2D eigenvalue weighted by atomic mass is 10.0. The van der Waals surface area contributed by atoms with Crippen LogP contribution in [0.3, 0.4) is 0 Å². The van der Waals surface area contributed by atoms with Crippen LogP contribution in [0.15, 0.2) is 29.4 Å². The van der Waals surface area contributed by atoms with Crippen LogP contribution >= 0.6 is 0 Å². The predicted molar refractivity (Wildman–Crippen MR) is 114 cm³/mol. The Morgan fingerprint density at radius 3 is 2.47 bits per heavy atom. The first kappa shape index (κ1) is 19.9. The van der Waals surface area contributed by atoms with Gasteiger partial charge in [0.2, 0.25) is 5.95 Å². The molecule has 2 aliphatic heterocycles. The molecule has 156 valence electrons. The van der Waals surface area contributed by atoms with Gasteiger partial charge in [-0.1, -0.05) is 0 Å². The number of hydrogen-bond donors (Lipinski definition) is 2. The van der Waals surface area contributed by atoms with Gasteiger partial charge in [0.1, 0.15) is 5.82 Å². The number of carbonyl (C=O) groups excluding carboxylic acids is 1. The van der Waals surface area contributed by atoms with Crippen LogP contribution in [0, 0.1) is 36.9 Å². The molecule has 8 nitrogen and oxygen atoms in total. The Labute approximate surface area is 174 Å². The molecule has 2 aromatic rings. The normalized spacial score (nSPS) is 20.6. The van der Waals surface area contributed by atoms with Gasteiger partial charge in [-0.2, -0.15) is 5.10 Å². The number of hydrazone groups is 1. The molecule has 2 aliphatic rings. The Balaban J connectivity index is 1.46. The maximum Gasteiger partial charge on any atom is 0.256 e. The second-order valence-electron chi connectivity index (χ2n) is 7.83. The van der Waals surface area contributed by atoms with Crippen LogP contribution in [0.25, 0.3) is 0 Å². The van der Waals surface area contributed by atoms with Gasteiger partial charge < -0.3 is 15.2 Å². The van der Waals surface area contributed by atoms with Gasteiger partial charge in [0.25, 0.3) is 5.91 Å². The lowest BCUT2D eigenvalue weighted by Crippen LogP contribution is -2.34. The van der Waals surface area contributed by atoms with Crippen LogP contribution in [0.2, 0.25) is 0 Å². The van der Waals surface area contributed by atoms with Crippen LogP contribution in [-0.4, -0.2) is 59.4 Å². The number of aryl methyl sites for hydroxylation is 2. The second kappa shape index (κ2) is 8.17. The van der Waals surface area contributed by atoms with Gasteiger partial charge in [0, 0.05) is 55.6 Å². The van der Waals surface area contributed by atoms with Gasteiger partial charge in [0.05, 0.1) is 17.5 Å². The molecule has 0 spiro atoms. The number of nitrogens with one attached hydrogen (secondary N) is 2. The molecular formula is C21H24FN7O. The quantitative estimate of drug-likeness (QED) is 0.584. The lowest BCUT2D eigenvalue weighted by Gasteiger charge is -2.23. The average molecular weight is 409 g/mol. The van der Waals surface area contributed by atoms with E-state index in [0.29, 0.717) is 36.2 Å². The van der Waals surface area contributed by atoms with E-state index in [-0.39, 0.29) is 5.91 Å². The van der Waals surface area contributed by atoms with Gasteiger partial charge >= 0.3 is 0 Å². The van der Waals surface area contributed by atoms with E-state index in [1.165, 1.54) is 24.4 Å². The van der Waals surface area contributed by atoms with Crippen molar-refractivity contribution in [1.82, 2.24) is 14.9 Å². The maximum absolute atomic E-state index is 13.7. The Hall–Kier alpha value is -3.36. The highest BCUT2D eigenvalue weighted by atomic mass is 19.1. The SMILES string of the molecule is Cc1cc(C)nc(N2CC3CN(C(=O)c4ccc(F)cc4N/N=C\C=N)CC3C2)n1. The highest BCUT2D eigenvalue weighted by molar-refractivity contribution is 6.14. The summed E-state index contributed by atoms with van der Waals surface area (Å²) in [4.78, 5) is 26.3. The van der Waals surface area contributed by atoms with E-state index in [4.69, 9.17) is 5.41 Å². The predicted octanol–water partition coefficient (Wildman–Crippen LogP) is 2.49. The van der Waals surface area contributed by atoms with Crippen molar-refractivity contribution in [3.05, 3.63) is 47.0 Å². The van der Waals surface area contributed by atoms with Crippen molar-refractivity contribution in [3.8, 4) is 0 Å². The van der Waals surface area contributed by atoms with Crippen molar-refractivity contribution in [2.75, 3.05) is 36.5 Å². The van der Waals surface area contributed by atoms with Crippen molar-refractivity contribution in [1.29, 1.82) is 5.41 Å². The number of rotatable bonds is 5. The monoisotopic (exact) mass is 409 g/mol. The molecule has 3 heterocycles. The summed E-state index contributed by atoms with van der Waals surface area (Å²) in [6.07, 6.45) is 2.23. The molecular weight excluding hydrogens is 385 g/mol. The Kier molecular flexibility index (Phi) is 5.43. The third-order valence-corrected chi connectivity index (χ3v) is 5.57. The van der Waals surface area contributed by atoms with Crippen molar-refractivity contribution in [3.63, 3.8) is 0 Å². The van der Waals surface area contributed by atoms with E-state index >= 15 is 0 Å². The minimum absolute atomic E-state index is 0.147. The first-order valence-corrected chi connectivity index (χ1v) is 9.89. The number of benzene rings is 1. The second-order valence-corrected chi connectivity index (χ2v) is 7.83. The number of fused-ring (bicyclic) bond motifs is 1. The fourth-order valence-corrected chi connectivity index (χ4v) is 4.28. The summed E-state index contributed by atoms with van der Waals surface area (Å²) in [6, 6.07) is 5.95. The van der Waals surface area contributed by atoms with Crippen LogP contribution in [0.1, 0.15) is 21.7 Å². The summed E-state index contributed by atoms with van der Waals surface area (Å²) >= 11 is 0. The number of hydrogen-bond acceptors (Lipinski definition) is 7. The summed E-state index contributed by atoms with van der Waals surface area (Å²) in [6.45, 7) is 6.85. The maximum atomic E-state index is 13.7. The third kappa shape index (κ3) is 4.00. The Morgan fingerprint density at radius 1 is 1.17 bits per heavy atom. The van der Waals surface area contributed by atoms with Gasteiger partial charge in [0.15, 0.2) is 0 Å². The van der Waals surface area contributed by atoms with Crippen LogP contribution in [0.4, 0.5) is 16.0 Å². The van der Waals surface area contributed by atoms with Gasteiger partial charge in [-0.25, -0.2) is 14.4 Å². The van der Waals surface area contributed by atoms with E-state index in [0.717, 1.165) is 36.6 Å². The molecule has 9 heteroatoms. The molecule has 1 amide bonds. The van der Waals surface area contributed by atoms with Gasteiger partial charge in [-0.05, 0) is 38.1 Å². The average Bonchev–Trinajstić information content (AvgIpc) is 3.26. The first-order valence-electron chi connectivity index (χ1n) is 9.89. The Morgan fingerprint density at radius 2 is 1.83 bits per heavy atom. The minimum atomic E-state index is -0.457. The molecule has 2 atom stereocenters. The molecule has 1 aromatic heterocycles. The van der Waals surface area contributed by atoms with E-state index in [2.05, 4.69) is 25.4 Å². The Bertz CT molecular complexity index is 975.